The SMILES string of the molecule is CC[C@H](C)NC(=O)[C@@H](Cc1ccccc1)N(Cc1ccccc1C)C(=O)CN(c1ccc(Cl)cc1)S(=O)(=O)c1ccc(OC)c(OC)c1. The van der Waals surface area contributed by atoms with Crippen molar-refractivity contribution in [2.45, 2.75) is 57.1 Å². The number of nitrogens with zero attached hydrogens (tertiary/aromatic N) is 2. The van der Waals surface area contributed by atoms with Gasteiger partial charge >= 0.3 is 0 Å². The lowest BCUT2D eigenvalue weighted by molar-refractivity contribution is -0.140. The molecule has 9 nitrogen and oxygen atoms in total. The molecule has 0 spiro atoms. The van der Waals surface area contributed by atoms with Gasteiger partial charge in [-0.3, -0.25) is 13.9 Å². The molecule has 2 amide bonds. The van der Waals surface area contributed by atoms with Crippen LogP contribution in [0.2, 0.25) is 5.02 Å². The molecule has 0 unspecified atom stereocenters. The monoisotopic (exact) mass is 691 g/mol. The Balaban J connectivity index is 1.84. The summed E-state index contributed by atoms with van der Waals surface area (Å²) < 4.78 is 40.5. The Morgan fingerprint density at radius 1 is 0.875 bits per heavy atom. The fraction of sp³-hybridized carbons (Fsp3) is 0.297. The molecule has 0 saturated heterocycles. The maximum Gasteiger partial charge on any atom is 0.264 e. The van der Waals surface area contributed by atoms with E-state index >= 15 is 0 Å². The molecule has 2 atom stereocenters. The summed E-state index contributed by atoms with van der Waals surface area (Å²) in [6.45, 7) is 5.30. The van der Waals surface area contributed by atoms with Crippen LogP contribution in [-0.4, -0.2) is 58.0 Å². The van der Waals surface area contributed by atoms with Crippen LogP contribution < -0.4 is 19.1 Å². The van der Waals surface area contributed by atoms with Crippen LogP contribution in [0.1, 0.15) is 37.0 Å². The molecule has 0 aliphatic carbocycles. The van der Waals surface area contributed by atoms with Gasteiger partial charge in [0.2, 0.25) is 11.8 Å². The fourth-order valence-electron chi connectivity index (χ4n) is 5.21. The van der Waals surface area contributed by atoms with Gasteiger partial charge in [-0.2, -0.15) is 0 Å². The van der Waals surface area contributed by atoms with Crippen LogP contribution >= 0.6 is 11.6 Å². The van der Waals surface area contributed by atoms with Crippen LogP contribution in [0.5, 0.6) is 11.5 Å². The van der Waals surface area contributed by atoms with Crippen molar-refractivity contribution in [3.05, 3.63) is 119 Å². The maximum absolute atomic E-state index is 14.7. The number of sulfonamides is 1. The van der Waals surface area contributed by atoms with E-state index in [0.717, 1.165) is 21.0 Å². The third-order valence-corrected chi connectivity index (χ3v) is 10.2. The van der Waals surface area contributed by atoms with Crippen molar-refractivity contribution in [3.8, 4) is 11.5 Å². The Bertz CT molecular complexity index is 1800. The van der Waals surface area contributed by atoms with Gasteiger partial charge in [0.05, 0.1) is 24.8 Å². The van der Waals surface area contributed by atoms with Gasteiger partial charge in [-0.15, -0.1) is 0 Å². The minimum atomic E-state index is -4.36. The van der Waals surface area contributed by atoms with Gasteiger partial charge in [0.15, 0.2) is 11.5 Å². The van der Waals surface area contributed by atoms with E-state index in [1.165, 1.54) is 49.5 Å². The molecular formula is C37H42ClN3O6S. The van der Waals surface area contributed by atoms with Gasteiger partial charge in [0.25, 0.3) is 10.0 Å². The standard InChI is InChI=1S/C37H42ClN3O6S/c1-6-27(3)39-37(43)33(22-28-13-8-7-9-14-28)40(24-29-15-11-10-12-26(29)2)36(42)25-41(31-18-16-30(38)17-19-31)48(44,45)32-20-21-34(46-4)35(23-32)47-5/h7-21,23,27,33H,6,22,24-25H2,1-5H3,(H,39,43)/t27-,33+/m0/s1. The molecular weight excluding hydrogens is 650 g/mol. The number of nitrogens with one attached hydrogen (secondary N) is 1. The molecule has 0 saturated carbocycles. The Kier molecular flexibility index (Phi) is 12.5. The van der Waals surface area contributed by atoms with E-state index in [-0.39, 0.29) is 41.2 Å². The zero-order valence-corrected chi connectivity index (χ0v) is 29.4. The summed E-state index contributed by atoms with van der Waals surface area (Å²) >= 11 is 6.17. The van der Waals surface area contributed by atoms with E-state index in [0.29, 0.717) is 17.2 Å². The number of anilines is 1. The number of hydrogen-bond donors (Lipinski definition) is 1. The van der Waals surface area contributed by atoms with Crippen molar-refractivity contribution in [2.24, 2.45) is 0 Å². The summed E-state index contributed by atoms with van der Waals surface area (Å²) in [7, 11) is -1.49. The zero-order chi connectivity index (χ0) is 34.8. The molecule has 0 aliphatic heterocycles. The number of ether oxygens (including phenoxy) is 2. The first-order valence-corrected chi connectivity index (χ1v) is 17.5. The second-order valence-corrected chi connectivity index (χ2v) is 13.8. The lowest BCUT2D eigenvalue weighted by Crippen LogP contribution is -2.54. The molecule has 4 aromatic rings. The number of hydrogen-bond acceptors (Lipinski definition) is 6. The molecule has 1 N–H and O–H groups in total. The molecule has 48 heavy (non-hydrogen) atoms. The summed E-state index contributed by atoms with van der Waals surface area (Å²) in [5, 5.41) is 3.45. The first-order valence-electron chi connectivity index (χ1n) is 15.7. The number of carbonyl (C=O) groups is 2. The highest BCUT2D eigenvalue weighted by molar-refractivity contribution is 7.92. The Hall–Kier alpha value is -4.54. The highest BCUT2D eigenvalue weighted by Gasteiger charge is 2.35. The Morgan fingerprint density at radius 2 is 1.52 bits per heavy atom. The molecule has 0 radical (unpaired) electrons. The average molecular weight is 692 g/mol. The largest absolute Gasteiger partial charge is 0.493 e. The lowest BCUT2D eigenvalue weighted by atomic mass is 10.0. The van der Waals surface area contributed by atoms with Crippen molar-refractivity contribution in [1.29, 1.82) is 0 Å². The van der Waals surface area contributed by atoms with Crippen LogP contribution in [0.3, 0.4) is 0 Å². The van der Waals surface area contributed by atoms with E-state index in [9.17, 15) is 18.0 Å². The summed E-state index contributed by atoms with van der Waals surface area (Å²) in [6.07, 6.45) is 0.924. The number of halogens is 1. The van der Waals surface area contributed by atoms with Crippen LogP contribution in [-0.2, 0) is 32.6 Å². The van der Waals surface area contributed by atoms with Crippen molar-refractivity contribution in [1.82, 2.24) is 10.2 Å². The molecule has 254 valence electrons. The number of benzene rings is 4. The van der Waals surface area contributed by atoms with Crippen molar-refractivity contribution in [2.75, 3.05) is 25.1 Å². The fourth-order valence-corrected chi connectivity index (χ4v) is 6.76. The molecule has 0 fully saturated rings. The Labute approximate surface area is 288 Å². The Morgan fingerprint density at radius 3 is 2.15 bits per heavy atom. The molecule has 0 heterocycles. The summed E-state index contributed by atoms with van der Waals surface area (Å²) in [4.78, 5) is 30.1. The van der Waals surface area contributed by atoms with Gasteiger partial charge in [-0.1, -0.05) is 73.1 Å². The van der Waals surface area contributed by atoms with E-state index < -0.39 is 28.5 Å². The third kappa shape index (κ3) is 8.87. The van der Waals surface area contributed by atoms with Crippen LogP contribution in [0, 0.1) is 6.92 Å². The summed E-state index contributed by atoms with van der Waals surface area (Å²) in [5.74, 6) is -0.314. The van der Waals surface area contributed by atoms with Crippen LogP contribution in [0.25, 0.3) is 0 Å². The summed E-state index contributed by atoms with van der Waals surface area (Å²) in [6, 6.07) is 26.4. The van der Waals surface area contributed by atoms with Crippen molar-refractivity contribution < 1.29 is 27.5 Å². The lowest BCUT2D eigenvalue weighted by Gasteiger charge is -2.34. The normalized spacial score (nSPS) is 12.5. The van der Waals surface area contributed by atoms with E-state index in [1.807, 2.05) is 75.4 Å². The number of amides is 2. The number of methoxy groups -OCH3 is 2. The quantitative estimate of drug-likeness (QED) is 0.154. The summed E-state index contributed by atoms with van der Waals surface area (Å²) in [5.41, 5.74) is 2.85. The van der Waals surface area contributed by atoms with Gasteiger partial charge in [-0.05, 0) is 73.4 Å². The first-order chi connectivity index (χ1) is 23.0. The predicted molar refractivity (Wildman–Crippen MR) is 189 cm³/mol. The van der Waals surface area contributed by atoms with E-state index in [4.69, 9.17) is 21.1 Å². The predicted octanol–water partition coefficient (Wildman–Crippen LogP) is 6.42. The van der Waals surface area contributed by atoms with E-state index in [1.54, 1.807) is 12.1 Å². The van der Waals surface area contributed by atoms with Gasteiger partial charge < -0.3 is 19.7 Å². The molecule has 0 aliphatic rings. The average Bonchev–Trinajstić information content (AvgIpc) is 3.09. The molecule has 11 heteroatoms. The highest BCUT2D eigenvalue weighted by atomic mass is 35.5. The van der Waals surface area contributed by atoms with Gasteiger partial charge in [0.1, 0.15) is 12.6 Å². The van der Waals surface area contributed by atoms with Gasteiger partial charge in [-0.25, -0.2) is 8.42 Å². The number of aryl methyl sites for hydroxylation is 1. The molecule has 0 aromatic heterocycles. The maximum atomic E-state index is 14.7. The zero-order valence-electron chi connectivity index (χ0n) is 27.9. The second-order valence-electron chi connectivity index (χ2n) is 11.5. The van der Waals surface area contributed by atoms with E-state index in [2.05, 4.69) is 5.32 Å². The molecule has 4 rings (SSSR count). The van der Waals surface area contributed by atoms with Crippen LogP contribution in [0.4, 0.5) is 5.69 Å². The third-order valence-electron chi connectivity index (χ3n) is 8.21. The minimum Gasteiger partial charge on any atom is -0.493 e. The first kappa shape index (κ1) is 36.3. The number of rotatable bonds is 15. The van der Waals surface area contributed by atoms with Crippen LogP contribution in [0.15, 0.2) is 102 Å². The second kappa shape index (κ2) is 16.5. The smallest absolute Gasteiger partial charge is 0.264 e. The molecule has 0 bridgehead atoms. The highest BCUT2D eigenvalue weighted by Crippen LogP contribution is 2.33. The number of carbonyl (C=O) groups excluding carboxylic acids is 2. The topological polar surface area (TPSA) is 105 Å². The van der Waals surface area contributed by atoms with Crippen molar-refractivity contribution >= 4 is 39.1 Å². The minimum absolute atomic E-state index is 0.0851. The van der Waals surface area contributed by atoms with Crippen molar-refractivity contribution in [3.63, 3.8) is 0 Å². The van der Waals surface area contributed by atoms with Gasteiger partial charge in [0, 0.05) is 30.1 Å². The molecule has 4 aromatic carbocycles.